The second kappa shape index (κ2) is 7.67. The van der Waals surface area contributed by atoms with Crippen molar-refractivity contribution in [2.75, 3.05) is 6.79 Å². The highest BCUT2D eigenvalue weighted by Crippen LogP contribution is 2.44. The van der Waals surface area contributed by atoms with Crippen molar-refractivity contribution in [2.45, 2.75) is 19.5 Å². The molecule has 162 valence electrons. The number of hydrogen-bond donors (Lipinski definition) is 1. The van der Waals surface area contributed by atoms with Crippen molar-refractivity contribution in [2.24, 2.45) is 0 Å². The highest BCUT2D eigenvalue weighted by Gasteiger charge is 2.41. The van der Waals surface area contributed by atoms with E-state index in [0.717, 1.165) is 23.3 Å². The molecule has 1 unspecified atom stereocenters. The van der Waals surface area contributed by atoms with Crippen LogP contribution in [-0.2, 0) is 11.3 Å². The molecule has 5 nitrogen and oxygen atoms in total. The number of carbonyl (C=O) groups excluding carboxylic acids is 1. The molecule has 3 aromatic rings. The number of benzene rings is 3. The van der Waals surface area contributed by atoms with Gasteiger partial charge in [0.25, 0.3) is 5.91 Å². The molecule has 32 heavy (non-hydrogen) atoms. The molecule has 3 aromatic carbocycles. The Hall–Kier alpha value is -3.87. The lowest BCUT2D eigenvalue weighted by Crippen LogP contribution is -2.30. The molecule has 0 fully saturated rings. The quantitative estimate of drug-likeness (QED) is 0.623. The van der Waals surface area contributed by atoms with Crippen LogP contribution < -0.4 is 9.47 Å². The Balaban J connectivity index is 1.59. The number of nitrogens with zero attached hydrogens (tertiary/aromatic N) is 1. The zero-order valence-electron chi connectivity index (χ0n) is 17.1. The molecule has 1 atom stereocenters. The molecule has 5 rings (SSSR count). The molecule has 1 N–H and O–H groups in total. The van der Waals surface area contributed by atoms with Crippen molar-refractivity contribution in [3.63, 3.8) is 0 Å². The van der Waals surface area contributed by atoms with E-state index in [1.165, 1.54) is 11.0 Å². The van der Waals surface area contributed by atoms with E-state index < -0.39 is 29.3 Å². The smallest absolute Gasteiger partial charge is 0.290 e. The average molecular weight is 435 g/mol. The van der Waals surface area contributed by atoms with Gasteiger partial charge in [-0.25, -0.2) is 8.78 Å². The highest BCUT2D eigenvalue weighted by molar-refractivity contribution is 6.05. The monoisotopic (exact) mass is 435 g/mol. The number of ether oxygens (including phenoxy) is 2. The second-order valence-corrected chi connectivity index (χ2v) is 7.83. The Kier molecular flexibility index (Phi) is 4.81. The lowest BCUT2D eigenvalue weighted by molar-refractivity contribution is -0.130. The summed E-state index contributed by atoms with van der Waals surface area (Å²) in [4.78, 5) is 14.6. The first kappa shape index (κ1) is 20.1. The number of rotatable bonds is 4. The molecule has 0 aliphatic carbocycles. The van der Waals surface area contributed by atoms with Crippen molar-refractivity contribution in [3.8, 4) is 11.5 Å². The summed E-state index contributed by atoms with van der Waals surface area (Å²) < 4.78 is 38.5. The first-order valence-electron chi connectivity index (χ1n) is 10.1. The van der Waals surface area contributed by atoms with Crippen LogP contribution in [0.25, 0.3) is 5.57 Å². The summed E-state index contributed by atoms with van der Waals surface area (Å²) in [6.45, 7) is 2.17. The van der Waals surface area contributed by atoms with Crippen molar-refractivity contribution in [1.29, 1.82) is 0 Å². The molecular weight excluding hydrogens is 416 g/mol. The minimum absolute atomic E-state index is 0.124. The van der Waals surface area contributed by atoms with E-state index in [9.17, 15) is 18.7 Å². The van der Waals surface area contributed by atoms with Crippen LogP contribution in [0.1, 0.15) is 28.3 Å². The minimum Gasteiger partial charge on any atom is -0.503 e. The predicted molar refractivity (Wildman–Crippen MR) is 113 cm³/mol. The van der Waals surface area contributed by atoms with Crippen LogP contribution in [0.2, 0.25) is 0 Å². The van der Waals surface area contributed by atoms with Crippen LogP contribution in [0, 0.1) is 18.6 Å². The summed E-state index contributed by atoms with van der Waals surface area (Å²) in [5, 5.41) is 10.8. The van der Waals surface area contributed by atoms with E-state index in [1.54, 1.807) is 30.3 Å². The van der Waals surface area contributed by atoms with Crippen LogP contribution in [0.15, 0.2) is 66.4 Å². The van der Waals surface area contributed by atoms with Gasteiger partial charge in [0.1, 0.15) is 0 Å². The summed E-state index contributed by atoms with van der Waals surface area (Å²) in [5.41, 5.74) is 3.09. The van der Waals surface area contributed by atoms with E-state index in [4.69, 9.17) is 9.47 Å². The van der Waals surface area contributed by atoms with Crippen LogP contribution in [-0.4, -0.2) is 22.7 Å². The van der Waals surface area contributed by atoms with Gasteiger partial charge < -0.3 is 19.5 Å². The number of halogens is 2. The van der Waals surface area contributed by atoms with Crippen LogP contribution >= 0.6 is 0 Å². The summed E-state index contributed by atoms with van der Waals surface area (Å²) in [6, 6.07) is 15.3. The van der Waals surface area contributed by atoms with E-state index in [1.807, 2.05) is 19.1 Å². The molecule has 0 saturated carbocycles. The molecule has 1 amide bonds. The minimum atomic E-state index is -1.02. The number of amides is 1. The van der Waals surface area contributed by atoms with Crippen molar-refractivity contribution in [1.82, 2.24) is 4.90 Å². The number of fused-ring (bicyclic) bond motifs is 1. The molecular formula is C25H19F2NO4. The first-order valence-corrected chi connectivity index (χ1v) is 10.1. The Labute approximate surface area is 183 Å². The van der Waals surface area contributed by atoms with Crippen molar-refractivity contribution < 1.29 is 28.2 Å². The summed E-state index contributed by atoms with van der Waals surface area (Å²) in [5.74, 6) is -1.83. The lowest BCUT2D eigenvalue weighted by atomic mass is 9.92. The topological polar surface area (TPSA) is 59.0 Å². The predicted octanol–water partition coefficient (Wildman–Crippen LogP) is 5.05. The molecule has 2 aliphatic heterocycles. The van der Waals surface area contributed by atoms with Crippen molar-refractivity contribution in [3.05, 3.63) is 100 Å². The van der Waals surface area contributed by atoms with Gasteiger partial charge >= 0.3 is 0 Å². The summed E-state index contributed by atoms with van der Waals surface area (Å²) in [6.07, 6.45) is 0. The fraction of sp³-hybridized carbons (Fsp3) is 0.160. The molecule has 0 radical (unpaired) electrons. The van der Waals surface area contributed by atoms with Gasteiger partial charge in [0.05, 0.1) is 6.04 Å². The van der Waals surface area contributed by atoms with E-state index in [2.05, 4.69) is 0 Å². The van der Waals surface area contributed by atoms with E-state index >= 15 is 0 Å². The van der Waals surface area contributed by atoms with Crippen LogP contribution in [0.3, 0.4) is 0 Å². The Morgan fingerprint density at radius 2 is 1.72 bits per heavy atom. The van der Waals surface area contributed by atoms with Gasteiger partial charge in [0, 0.05) is 12.1 Å². The zero-order chi connectivity index (χ0) is 22.4. The maximum Gasteiger partial charge on any atom is 0.290 e. The Morgan fingerprint density at radius 1 is 0.969 bits per heavy atom. The van der Waals surface area contributed by atoms with Gasteiger partial charge in [-0.05, 0) is 47.9 Å². The molecule has 2 heterocycles. The highest BCUT2D eigenvalue weighted by atomic mass is 19.2. The van der Waals surface area contributed by atoms with Gasteiger partial charge in [-0.2, -0.15) is 0 Å². The van der Waals surface area contributed by atoms with Gasteiger partial charge in [-0.3, -0.25) is 4.79 Å². The fourth-order valence-corrected chi connectivity index (χ4v) is 4.11. The number of hydrogen-bond acceptors (Lipinski definition) is 4. The standard InChI is InChI=1S/C25H19F2NO4/c1-14-2-5-16(6-3-14)22-23(17-7-8-18(26)19(27)11-17)28(25(30)24(22)29)12-15-4-9-20-21(10-15)32-13-31-20/h2-11,23,29H,12-13H2,1H3. The third-order valence-corrected chi connectivity index (χ3v) is 5.72. The Morgan fingerprint density at radius 3 is 2.47 bits per heavy atom. The zero-order valence-corrected chi connectivity index (χ0v) is 17.1. The third kappa shape index (κ3) is 3.36. The normalized spacial score (nSPS) is 17.4. The Bertz CT molecular complexity index is 1250. The number of aryl methyl sites for hydroxylation is 1. The molecule has 7 heteroatoms. The van der Waals surface area contributed by atoms with Gasteiger partial charge in [0.2, 0.25) is 6.79 Å². The molecule has 0 aromatic heterocycles. The number of carbonyl (C=O) groups is 1. The molecule has 0 saturated heterocycles. The fourth-order valence-electron chi connectivity index (χ4n) is 4.11. The number of aliphatic hydroxyl groups is 1. The molecule has 0 spiro atoms. The van der Waals surface area contributed by atoms with Crippen molar-refractivity contribution >= 4 is 11.5 Å². The second-order valence-electron chi connectivity index (χ2n) is 7.83. The summed E-state index contributed by atoms with van der Waals surface area (Å²) in [7, 11) is 0. The average Bonchev–Trinajstić information content (AvgIpc) is 3.34. The third-order valence-electron chi connectivity index (χ3n) is 5.72. The van der Waals surface area contributed by atoms with Crippen LogP contribution in [0.4, 0.5) is 8.78 Å². The van der Waals surface area contributed by atoms with E-state index in [-0.39, 0.29) is 13.3 Å². The van der Waals surface area contributed by atoms with Gasteiger partial charge in [-0.15, -0.1) is 0 Å². The van der Waals surface area contributed by atoms with Gasteiger partial charge in [-0.1, -0.05) is 42.0 Å². The van der Waals surface area contributed by atoms with Gasteiger partial charge in [0.15, 0.2) is 28.9 Å². The largest absolute Gasteiger partial charge is 0.503 e. The maximum atomic E-state index is 14.1. The summed E-state index contributed by atoms with van der Waals surface area (Å²) >= 11 is 0. The molecule has 2 aliphatic rings. The van der Waals surface area contributed by atoms with Crippen LogP contribution in [0.5, 0.6) is 11.5 Å². The maximum absolute atomic E-state index is 14.1. The lowest BCUT2D eigenvalue weighted by Gasteiger charge is -2.27. The van der Waals surface area contributed by atoms with E-state index in [0.29, 0.717) is 28.2 Å². The number of aliphatic hydroxyl groups excluding tert-OH is 1. The molecule has 0 bridgehead atoms. The first-order chi connectivity index (χ1) is 15.4. The SMILES string of the molecule is Cc1ccc(C2=C(O)C(=O)N(Cc3ccc4c(c3)OCO4)C2c2ccc(F)c(F)c2)cc1.